The number of aromatic nitrogens is 1. The Labute approximate surface area is 133 Å². The van der Waals surface area contributed by atoms with Gasteiger partial charge in [0.05, 0.1) is 18.8 Å². The molecule has 2 heterocycles. The second-order valence-corrected chi connectivity index (χ2v) is 6.40. The Morgan fingerprint density at radius 1 is 1.23 bits per heavy atom. The molecule has 0 spiro atoms. The summed E-state index contributed by atoms with van der Waals surface area (Å²) in [6, 6.07) is 5.74. The normalized spacial score (nSPS) is 16.9. The van der Waals surface area contributed by atoms with Crippen LogP contribution in [-0.4, -0.2) is 60.0 Å². The molecule has 122 valence electrons. The first-order valence-electron chi connectivity index (χ1n) is 8.25. The predicted molar refractivity (Wildman–Crippen MR) is 88.4 cm³/mol. The van der Waals surface area contributed by atoms with Gasteiger partial charge in [0.15, 0.2) is 0 Å². The van der Waals surface area contributed by atoms with Gasteiger partial charge in [-0.05, 0) is 31.0 Å². The summed E-state index contributed by atoms with van der Waals surface area (Å²) in [5.41, 5.74) is 0.898. The zero-order valence-electron chi connectivity index (χ0n) is 13.8. The highest BCUT2D eigenvalue weighted by Crippen LogP contribution is 2.06. The number of hydrogen-bond acceptors (Lipinski definition) is 4. The Balaban J connectivity index is 1.62. The molecule has 1 aliphatic rings. The highest BCUT2D eigenvalue weighted by atomic mass is 16.2. The molecule has 1 aromatic rings. The summed E-state index contributed by atoms with van der Waals surface area (Å²) < 4.78 is 0. The van der Waals surface area contributed by atoms with Crippen molar-refractivity contribution in [2.45, 2.75) is 26.8 Å². The van der Waals surface area contributed by atoms with Crippen LogP contribution >= 0.6 is 0 Å². The molecule has 0 atom stereocenters. The zero-order valence-corrected chi connectivity index (χ0v) is 13.8. The second-order valence-electron chi connectivity index (χ2n) is 6.40. The van der Waals surface area contributed by atoms with Crippen LogP contribution in [-0.2, 0) is 11.3 Å². The third kappa shape index (κ3) is 6.12. The Morgan fingerprint density at radius 2 is 1.95 bits per heavy atom. The number of carbonyl (C=O) groups excluding carboxylic acids is 1. The van der Waals surface area contributed by atoms with E-state index in [1.807, 2.05) is 18.2 Å². The molecule has 0 aliphatic carbocycles. The van der Waals surface area contributed by atoms with Gasteiger partial charge in [0, 0.05) is 32.4 Å². The van der Waals surface area contributed by atoms with E-state index in [4.69, 9.17) is 0 Å². The van der Waals surface area contributed by atoms with Gasteiger partial charge in [-0.25, -0.2) is 0 Å². The fourth-order valence-electron chi connectivity index (χ4n) is 2.56. The van der Waals surface area contributed by atoms with Gasteiger partial charge in [0.1, 0.15) is 0 Å². The lowest BCUT2D eigenvalue weighted by Gasteiger charge is -2.34. The molecule has 5 heteroatoms. The number of carbonyl (C=O) groups is 1. The summed E-state index contributed by atoms with van der Waals surface area (Å²) >= 11 is 0. The molecule has 1 N–H and O–H groups in total. The third-order valence-corrected chi connectivity index (χ3v) is 4.05. The molecule has 0 unspecified atom stereocenters. The highest BCUT2D eigenvalue weighted by Gasteiger charge is 2.18. The SMILES string of the molecule is CC(C)CCN1CCN(CC(=O)NCc2ccccn2)CC1. The predicted octanol–water partition coefficient (Wildman–Crippen LogP) is 1.36. The summed E-state index contributed by atoms with van der Waals surface area (Å²) in [6.07, 6.45) is 3.00. The van der Waals surface area contributed by atoms with E-state index in [2.05, 4.69) is 33.9 Å². The number of pyridine rings is 1. The first kappa shape index (κ1) is 16.9. The molecule has 2 rings (SSSR count). The van der Waals surface area contributed by atoms with Crippen molar-refractivity contribution in [3.05, 3.63) is 30.1 Å². The molecule has 0 radical (unpaired) electrons. The lowest BCUT2D eigenvalue weighted by Crippen LogP contribution is -2.49. The van der Waals surface area contributed by atoms with Gasteiger partial charge < -0.3 is 10.2 Å². The fourth-order valence-corrected chi connectivity index (χ4v) is 2.56. The van der Waals surface area contributed by atoms with Crippen LogP contribution < -0.4 is 5.32 Å². The Kier molecular flexibility index (Phi) is 6.80. The summed E-state index contributed by atoms with van der Waals surface area (Å²) in [7, 11) is 0. The molecular weight excluding hydrogens is 276 g/mol. The van der Waals surface area contributed by atoms with Crippen molar-refractivity contribution in [3.8, 4) is 0 Å². The van der Waals surface area contributed by atoms with Gasteiger partial charge in [-0.15, -0.1) is 0 Å². The van der Waals surface area contributed by atoms with Gasteiger partial charge in [-0.2, -0.15) is 0 Å². The van der Waals surface area contributed by atoms with Crippen LogP contribution in [0.4, 0.5) is 0 Å². The van der Waals surface area contributed by atoms with Crippen molar-refractivity contribution in [3.63, 3.8) is 0 Å². The largest absolute Gasteiger partial charge is 0.349 e. The Hall–Kier alpha value is -1.46. The Bertz CT molecular complexity index is 441. The van der Waals surface area contributed by atoms with E-state index in [1.165, 1.54) is 13.0 Å². The lowest BCUT2D eigenvalue weighted by atomic mass is 10.1. The monoisotopic (exact) mass is 304 g/mol. The van der Waals surface area contributed by atoms with E-state index in [-0.39, 0.29) is 5.91 Å². The average Bonchev–Trinajstić information content (AvgIpc) is 2.53. The van der Waals surface area contributed by atoms with E-state index >= 15 is 0 Å². The fraction of sp³-hybridized carbons (Fsp3) is 0.647. The van der Waals surface area contributed by atoms with Crippen molar-refractivity contribution in [2.24, 2.45) is 5.92 Å². The minimum Gasteiger partial charge on any atom is -0.349 e. The molecular formula is C17H28N4O. The molecule has 22 heavy (non-hydrogen) atoms. The summed E-state index contributed by atoms with van der Waals surface area (Å²) in [6.45, 7) is 10.8. The quantitative estimate of drug-likeness (QED) is 0.826. The molecule has 1 saturated heterocycles. The van der Waals surface area contributed by atoms with Crippen LogP contribution in [0.15, 0.2) is 24.4 Å². The summed E-state index contributed by atoms with van der Waals surface area (Å²) in [4.78, 5) is 20.9. The molecule has 1 amide bonds. The van der Waals surface area contributed by atoms with Gasteiger partial charge in [-0.1, -0.05) is 19.9 Å². The molecule has 0 bridgehead atoms. The van der Waals surface area contributed by atoms with Crippen molar-refractivity contribution < 1.29 is 4.79 Å². The Morgan fingerprint density at radius 3 is 2.59 bits per heavy atom. The molecule has 0 saturated carbocycles. The maximum atomic E-state index is 12.0. The van der Waals surface area contributed by atoms with Crippen molar-refractivity contribution in [1.82, 2.24) is 20.1 Å². The van der Waals surface area contributed by atoms with Gasteiger partial charge >= 0.3 is 0 Å². The number of nitrogens with one attached hydrogen (secondary N) is 1. The first-order chi connectivity index (χ1) is 10.6. The molecule has 1 aliphatic heterocycles. The van der Waals surface area contributed by atoms with E-state index < -0.39 is 0 Å². The zero-order chi connectivity index (χ0) is 15.8. The molecule has 0 aromatic carbocycles. The number of nitrogens with zero attached hydrogens (tertiary/aromatic N) is 3. The third-order valence-electron chi connectivity index (χ3n) is 4.05. The highest BCUT2D eigenvalue weighted by molar-refractivity contribution is 5.77. The molecule has 5 nitrogen and oxygen atoms in total. The van der Waals surface area contributed by atoms with Gasteiger partial charge in [0.25, 0.3) is 0 Å². The summed E-state index contributed by atoms with van der Waals surface area (Å²) in [5, 5.41) is 2.94. The van der Waals surface area contributed by atoms with E-state index in [0.717, 1.165) is 37.8 Å². The van der Waals surface area contributed by atoms with E-state index in [9.17, 15) is 4.79 Å². The molecule has 1 fully saturated rings. The summed E-state index contributed by atoms with van der Waals surface area (Å²) in [5.74, 6) is 0.844. The van der Waals surface area contributed by atoms with Crippen LogP contribution in [0.2, 0.25) is 0 Å². The number of piperazine rings is 1. The molecule has 1 aromatic heterocycles. The minimum absolute atomic E-state index is 0.0845. The number of hydrogen-bond donors (Lipinski definition) is 1. The first-order valence-corrected chi connectivity index (χ1v) is 8.25. The maximum absolute atomic E-state index is 12.0. The number of amides is 1. The van der Waals surface area contributed by atoms with Crippen molar-refractivity contribution >= 4 is 5.91 Å². The van der Waals surface area contributed by atoms with Crippen molar-refractivity contribution in [1.29, 1.82) is 0 Å². The number of rotatable bonds is 7. The minimum atomic E-state index is 0.0845. The maximum Gasteiger partial charge on any atom is 0.234 e. The van der Waals surface area contributed by atoms with Gasteiger partial charge in [-0.3, -0.25) is 14.7 Å². The smallest absolute Gasteiger partial charge is 0.234 e. The second kappa shape index (κ2) is 8.86. The van der Waals surface area contributed by atoms with E-state index in [1.54, 1.807) is 6.20 Å². The topological polar surface area (TPSA) is 48.5 Å². The lowest BCUT2D eigenvalue weighted by molar-refractivity contribution is -0.122. The van der Waals surface area contributed by atoms with Crippen LogP contribution in [0.5, 0.6) is 0 Å². The van der Waals surface area contributed by atoms with Gasteiger partial charge in [0.2, 0.25) is 5.91 Å². The van der Waals surface area contributed by atoms with Crippen LogP contribution in [0.25, 0.3) is 0 Å². The van der Waals surface area contributed by atoms with E-state index in [0.29, 0.717) is 13.1 Å². The standard InChI is InChI=1S/C17H28N4O/c1-15(2)6-8-20-9-11-21(12-10-20)14-17(22)19-13-16-5-3-4-7-18-16/h3-5,7,15H,6,8-14H2,1-2H3,(H,19,22). The average molecular weight is 304 g/mol. The van der Waals surface area contributed by atoms with Crippen LogP contribution in [0, 0.1) is 5.92 Å². The van der Waals surface area contributed by atoms with Crippen molar-refractivity contribution in [2.75, 3.05) is 39.3 Å². The van der Waals surface area contributed by atoms with Crippen LogP contribution in [0.3, 0.4) is 0 Å². The van der Waals surface area contributed by atoms with Crippen LogP contribution in [0.1, 0.15) is 26.0 Å².